The first-order valence-corrected chi connectivity index (χ1v) is 6.27. The fourth-order valence-electron chi connectivity index (χ4n) is 1.85. The van der Waals surface area contributed by atoms with E-state index in [9.17, 15) is 9.59 Å². The lowest BCUT2D eigenvalue weighted by Gasteiger charge is -2.05. The highest BCUT2D eigenvalue weighted by Crippen LogP contribution is 2.26. The SMILES string of the molecule is Cc1oc(NC(=O)OCc2ccccc2)c(C#N)c1C(=O)O. The lowest BCUT2D eigenvalue weighted by atomic mass is 10.1. The number of ether oxygens (including phenoxy) is 1. The third kappa shape index (κ3) is 3.24. The average Bonchev–Trinajstić information content (AvgIpc) is 2.81. The molecule has 7 heteroatoms. The molecule has 1 heterocycles. The van der Waals surface area contributed by atoms with Crippen molar-refractivity contribution in [1.29, 1.82) is 5.26 Å². The second-order valence-corrected chi connectivity index (χ2v) is 4.34. The number of hydrogen-bond acceptors (Lipinski definition) is 5. The number of benzene rings is 1. The summed E-state index contributed by atoms with van der Waals surface area (Å²) in [5.41, 5.74) is 0.266. The Kier molecular flexibility index (Phi) is 4.44. The van der Waals surface area contributed by atoms with E-state index < -0.39 is 12.1 Å². The molecule has 1 amide bonds. The standard InChI is InChI=1S/C15H12N2O5/c1-9-12(14(18)19)11(7-16)13(22-9)17-15(20)21-8-10-5-3-2-4-6-10/h2-6H,8H2,1H3,(H,17,20)(H,18,19). The molecule has 0 unspecified atom stereocenters. The molecular formula is C15H12N2O5. The highest BCUT2D eigenvalue weighted by atomic mass is 16.6. The highest BCUT2D eigenvalue weighted by Gasteiger charge is 2.24. The molecule has 112 valence electrons. The molecule has 0 saturated heterocycles. The van der Waals surface area contributed by atoms with Crippen molar-refractivity contribution in [3.8, 4) is 6.07 Å². The van der Waals surface area contributed by atoms with Gasteiger partial charge in [0, 0.05) is 0 Å². The summed E-state index contributed by atoms with van der Waals surface area (Å²) in [4.78, 5) is 22.8. The summed E-state index contributed by atoms with van der Waals surface area (Å²) >= 11 is 0. The van der Waals surface area contributed by atoms with Gasteiger partial charge in [-0.05, 0) is 12.5 Å². The molecule has 0 aliphatic heterocycles. The lowest BCUT2D eigenvalue weighted by molar-refractivity contribution is 0.0694. The van der Waals surface area contributed by atoms with E-state index in [1.165, 1.54) is 6.92 Å². The Hall–Kier alpha value is -3.27. The number of rotatable bonds is 4. The largest absolute Gasteiger partial charge is 0.478 e. The second-order valence-electron chi connectivity index (χ2n) is 4.34. The number of anilines is 1. The molecule has 0 saturated carbocycles. The normalized spacial score (nSPS) is 9.82. The number of nitriles is 1. The fraction of sp³-hybridized carbons (Fsp3) is 0.133. The summed E-state index contributed by atoms with van der Waals surface area (Å²) in [5.74, 6) is -1.51. The van der Waals surface area contributed by atoms with Gasteiger partial charge < -0.3 is 14.3 Å². The Morgan fingerprint density at radius 3 is 2.64 bits per heavy atom. The first kappa shape index (κ1) is 15.1. The molecule has 2 rings (SSSR count). The summed E-state index contributed by atoms with van der Waals surface area (Å²) in [5, 5.41) is 20.3. The van der Waals surface area contributed by atoms with Crippen molar-refractivity contribution in [2.75, 3.05) is 5.32 Å². The van der Waals surface area contributed by atoms with Crippen molar-refractivity contribution in [3.05, 3.63) is 52.8 Å². The second kappa shape index (κ2) is 6.45. The minimum Gasteiger partial charge on any atom is -0.478 e. The van der Waals surface area contributed by atoms with E-state index >= 15 is 0 Å². The number of nitrogens with one attached hydrogen (secondary N) is 1. The molecule has 2 aromatic rings. The summed E-state index contributed by atoms with van der Waals surface area (Å²) in [6.07, 6.45) is -0.842. The van der Waals surface area contributed by atoms with Gasteiger partial charge in [-0.2, -0.15) is 5.26 Å². The maximum atomic E-state index is 11.7. The van der Waals surface area contributed by atoms with E-state index in [2.05, 4.69) is 5.32 Å². The Labute approximate surface area is 125 Å². The van der Waals surface area contributed by atoms with Crippen LogP contribution in [0.3, 0.4) is 0 Å². The van der Waals surface area contributed by atoms with Crippen LogP contribution in [0.4, 0.5) is 10.7 Å². The van der Waals surface area contributed by atoms with Gasteiger partial charge >= 0.3 is 12.1 Å². The number of aryl methyl sites for hydroxylation is 1. The zero-order valence-corrected chi connectivity index (χ0v) is 11.6. The van der Waals surface area contributed by atoms with Crippen molar-refractivity contribution in [3.63, 3.8) is 0 Å². The molecule has 1 aromatic heterocycles. The van der Waals surface area contributed by atoms with Gasteiger partial charge in [-0.15, -0.1) is 0 Å². The number of hydrogen-bond donors (Lipinski definition) is 2. The van der Waals surface area contributed by atoms with Crippen molar-refractivity contribution >= 4 is 17.9 Å². The van der Waals surface area contributed by atoms with E-state index in [0.717, 1.165) is 5.56 Å². The number of carboxylic acids is 1. The van der Waals surface area contributed by atoms with Crippen molar-refractivity contribution in [2.45, 2.75) is 13.5 Å². The molecule has 0 spiro atoms. The molecule has 22 heavy (non-hydrogen) atoms. The van der Waals surface area contributed by atoms with Crippen LogP contribution in [0.5, 0.6) is 0 Å². The Bertz CT molecular complexity index is 743. The topological polar surface area (TPSA) is 113 Å². The molecule has 0 radical (unpaired) electrons. The number of amides is 1. The van der Waals surface area contributed by atoms with Gasteiger partial charge in [-0.3, -0.25) is 5.32 Å². The van der Waals surface area contributed by atoms with Gasteiger partial charge in [-0.25, -0.2) is 9.59 Å². The first-order chi connectivity index (χ1) is 10.5. The third-order valence-electron chi connectivity index (χ3n) is 2.84. The lowest BCUT2D eigenvalue weighted by Crippen LogP contribution is -2.14. The number of aromatic carboxylic acids is 1. The monoisotopic (exact) mass is 300 g/mol. The van der Waals surface area contributed by atoms with Crippen LogP contribution >= 0.6 is 0 Å². The smallest absolute Gasteiger partial charge is 0.414 e. The van der Waals surface area contributed by atoms with Crippen LogP contribution < -0.4 is 5.32 Å². The van der Waals surface area contributed by atoms with Gasteiger partial charge in [-0.1, -0.05) is 30.3 Å². The number of carbonyl (C=O) groups is 2. The van der Waals surface area contributed by atoms with Crippen LogP contribution in [0.15, 0.2) is 34.7 Å². The zero-order valence-electron chi connectivity index (χ0n) is 11.6. The summed E-state index contributed by atoms with van der Waals surface area (Å²) in [7, 11) is 0. The van der Waals surface area contributed by atoms with Gasteiger partial charge in [0.05, 0.1) is 0 Å². The van der Waals surface area contributed by atoms with Crippen LogP contribution in [0.25, 0.3) is 0 Å². The number of nitrogens with zero attached hydrogens (tertiary/aromatic N) is 1. The number of furan rings is 1. The van der Waals surface area contributed by atoms with Crippen molar-refractivity contribution in [1.82, 2.24) is 0 Å². The molecule has 0 aliphatic carbocycles. The molecule has 2 N–H and O–H groups in total. The average molecular weight is 300 g/mol. The van der Waals surface area contributed by atoms with Gasteiger partial charge in [0.15, 0.2) is 0 Å². The first-order valence-electron chi connectivity index (χ1n) is 6.27. The van der Waals surface area contributed by atoms with E-state index in [0.29, 0.717) is 0 Å². The molecule has 0 bridgehead atoms. The van der Waals surface area contributed by atoms with Crippen LogP contribution in [0.1, 0.15) is 27.2 Å². The van der Waals surface area contributed by atoms with E-state index in [-0.39, 0.29) is 29.4 Å². The third-order valence-corrected chi connectivity index (χ3v) is 2.84. The molecule has 0 atom stereocenters. The highest BCUT2D eigenvalue weighted by molar-refractivity contribution is 5.95. The van der Waals surface area contributed by atoms with Gasteiger partial charge in [0.25, 0.3) is 0 Å². The molecule has 0 aliphatic rings. The maximum absolute atomic E-state index is 11.7. The minimum absolute atomic E-state index is 0.0300. The van der Waals surface area contributed by atoms with Crippen LogP contribution in [-0.2, 0) is 11.3 Å². The van der Waals surface area contributed by atoms with Crippen molar-refractivity contribution in [2.24, 2.45) is 0 Å². The van der Waals surface area contributed by atoms with Gasteiger partial charge in [0.2, 0.25) is 5.88 Å². The predicted molar refractivity (Wildman–Crippen MR) is 75.4 cm³/mol. The molecule has 7 nitrogen and oxygen atoms in total. The number of carbonyl (C=O) groups excluding carboxylic acids is 1. The van der Waals surface area contributed by atoms with Crippen LogP contribution in [0.2, 0.25) is 0 Å². The molecule has 0 fully saturated rings. The minimum atomic E-state index is -1.30. The molecule has 1 aromatic carbocycles. The molecular weight excluding hydrogens is 288 g/mol. The summed E-state index contributed by atoms with van der Waals surface area (Å²) in [6.45, 7) is 1.44. The Morgan fingerprint density at radius 2 is 2.05 bits per heavy atom. The Balaban J connectivity index is 2.08. The van der Waals surface area contributed by atoms with E-state index in [4.69, 9.17) is 19.5 Å². The Morgan fingerprint density at radius 1 is 1.36 bits per heavy atom. The van der Waals surface area contributed by atoms with Crippen LogP contribution in [0, 0.1) is 18.3 Å². The maximum Gasteiger partial charge on any atom is 0.414 e. The summed E-state index contributed by atoms with van der Waals surface area (Å²) < 4.78 is 10.1. The number of carboxylic acid groups (broad SMARTS) is 1. The fourth-order valence-corrected chi connectivity index (χ4v) is 1.85. The quantitative estimate of drug-likeness (QED) is 0.897. The summed E-state index contributed by atoms with van der Waals surface area (Å²) in [6, 6.07) is 10.7. The van der Waals surface area contributed by atoms with E-state index in [1.54, 1.807) is 30.3 Å². The van der Waals surface area contributed by atoms with Crippen molar-refractivity contribution < 1.29 is 23.8 Å². The zero-order chi connectivity index (χ0) is 16.1. The van der Waals surface area contributed by atoms with Crippen LogP contribution in [-0.4, -0.2) is 17.2 Å². The predicted octanol–water partition coefficient (Wildman–Crippen LogP) is 2.91. The van der Waals surface area contributed by atoms with Gasteiger partial charge in [0.1, 0.15) is 29.6 Å². The van der Waals surface area contributed by atoms with E-state index in [1.807, 2.05) is 6.07 Å².